The molecule has 136 valence electrons. The van der Waals surface area contributed by atoms with Crippen LogP contribution in [0.2, 0.25) is 0 Å². The minimum atomic E-state index is -0.677. The normalized spacial score (nSPS) is 12.3. The minimum Gasteiger partial charge on any atom is -0.458 e. The van der Waals surface area contributed by atoms with Crippen LogP contribution < -0.4 is 10.9 Å². The number of fused-ring (bicyclic) bond motifs is 2. The molecule has 0 saturated carbocycles. The first-order chi connectivity index (χ1) is 13.2. The first kappa shape index (κ1) is 17.1. The number of benzene rings is 2. The summed E-state index contributed by atoms with van der Waals surface area (Å²) in [7, 11) is 1.54. The van der Waals surface area contributed by atoms with Crippen LogP contribution in [0.25, 0.3) is 21.9 Å². The third kappa shape index (κ3) is 3.35. The molecular weight excluding hydrogens is 346 g/mol. The summed E-state index contributed by atoms with van der Waals surface area (Å²) in [6.45, 7) is 0.154. The van der Waals surface area contributed by atoms with E-state index >= 15 is 0 Å². The van der Waals surface area contributed by atoms with Gasteiger partial charge in [0.1, 0.15) is 28.6 Å². The Bertz CT molecular complexity index is 1140. The predicted molar refractivity (Wildman–Crippen MR) is 101 cm³/mol. The first-order valence-corrected chi connectivity index (χ1v) is 8.48. The summed E-state index contributed by atoms with van der Waals surface area (Å²) in [5, 5.41) is 4.35. The van der Waals surface area contributed by atoms with Gasteiger partial charge in [0.25, 0.3) is 5.91 Å². The number of methoxy groups -OCH3 is 1. The van der Waals surface area contributed by atoms with Crippen LogP contribution in [0, 0.1) is 0 Å². The van der Waals surface area contributed by atoms with Gasteiger partial charge in [-0.05, 0) is 24.3 Å². The third-order valence-electron chi connectivity index (χ3n) is 4.38. The van der Waals surface area contributed by atoms with Crippen molar-refractivity contribution in [1.82, 2.24) is 5.32 Å². The molecule has 0 fully saturated rings. The Balaban J connectivity index is 1.54. The second-order valence-electron chi connectivity index (χ2n) is 6.11. The SMILES string of the molecule is CO[C@H](CNC(=O)c1cc2ccccc2oc1=O)c1cc2ccccc2o1. The highest BCUT2D eigenvalue weighted by Gasteiger charge is 2.19. The largest absolute Gasteiger partial charge is 0.458 e. The van der Waals surface area contributed by atoms with E-state index < -0.39 is 17.6 Å². The molecule has 0 aliphatic carbocycles. The van der Waals surface area contributed by atoms with Crippen LogP contribution in [0.3, 0.4) is 0 Å². The Labute approximate surface area is 154 Å². The molecule has 1 atom stereocenters. The van der Waals surface area contributed by atoms with Gasteiger partial charge in [0.2, 0.25) is 0 Å². The maximum Gasteiger partial charge on any atom is 0.349 e. The summed E-state index contributed by atoms with van der Waals surface area (Å²) in [6.07, 6.45) is -0.478. The van der Waals surface area contributed by atoms with E-state index in [-0.39, 0.29) is 12.1 Å². The molecule has 27 heavy (non-hydrogen) atoms. The molecule has 0 bridgehead atoms. The quantitative estimate of drug-likeness (QED) is 0.547. The van der Waals surface area contributed by atoms with E-state index in [4.69, 9.17) is 13.6 Å². The van der Waals surface area contributed by atoms with Gasteiger partial charge in [0.15, 0.2) is 0 Å². The second kappa shape index (κ2) is 7.09. The summed E-state index contributed by atoms with van der Waals surface area (Å²) in [6, 6.07) is 18.1. The first-order valence-electron chi connectivity index (χ1n) is 8.48. The minimum absolute atomic E-state index is 0.0480. The maximum atomic E-state index is 12.5. The standard InChI is InChI=1S/C21H17NO5/c1-25-19(18-11-14-7-3-4-8-16(14)26-18)12-22-20(23)15-10-13-6-2-5-9-17(13)27-21(15)24/h2-11,19H,12H2,1H3,(H,22,23)/t19-/m1/s1. The molecule has 2 aromatic carbocycles. The summed E-state index contributed by atoms with van der Waals surface area (Å²) >= 11 is 0. The lowest BCUT2D eigenvalue weighted by Crippen LogP contribution is -2.32. The summed E-state index contributed by atoms with van der Waals surface area (Å²) < 4.78 is 16.4. The van der Waals surface area contributed by atoms with E-state index in [1.807, 2.05) is 36.4 Å². The maximum absolute atomic E-state index is 12.5. The highest BCUT2D eigenvalue weighted by Crippen LogP contribution is 2.25. The van der Waals surface area contributed by atoms with Gasteiger partial charge >= 0.3 is 5.63 Å². The molecule has 0 aliphatic rings. The number of nitrogens with one attached hydrogen (secondary N) is 1. The molecule has 2 heterocycles. The van der Waals surface area contributed by atoms with Crippen LogP contribution in [-0.2, 0) is 4.74 Å². The highest BCUT2D eigenvalue weighted by atomic mass is 16.5. The lowest BCUT2D eigenvalue weighted by atomic mass is 10.1. The summed E-state index contributed by atoms with van der Waals surface area (Å²) in [5.41, 5.74) is 0.462. The van der Waals surface area contributed by atoms with Crippen molar-refractivity contribution in [1.29, 1.82) is 0 Å². The summed E-state index contributed by atoms with van der Waals surface area (Å²) in [5.74, 6) is 0.0808. The molecule has 0 spiro atoms. The second-order valence-corrected chi connectivity index (χ2v) is 6.11. The van der Waals surface area contributed by atoms with Gasteiger partial charge in [-0.15, -0.1) is 0 Å². The lowest BCUT2D eigenvalue weighted by Gasteiger charge is -2.13. The monoisotopic (exact) mass is 363 g/mol. The van der Waals surface area contributed by atoms with E-state index in [0.717, 1.165) is 11.0 Å². The Morgan fingerprint density at radius 3 is 2.30 bits per heavy atom. The molecule has 1 amide bonds. The van der Waals surface area contributed by atoms with Gasteiger partial charge in [-0.1, -0.05) is 36.4 Å². The number of furan rings is 1. The highest BCUT2D eigenvalue weighted by molar-refractivity contribution is 5.96. The van der Waals surface area contributed by atoms with Crippen LogP contribution in [0.4, 0.5) is 0 Å². The van der Waals surface area contributed by atoms with Crippen molar-refractivity contribution in [3.63, 3.8) is 0 Å². The van der Waals surface area contributed by atoms with Crippen molar-refractivity contribution in [2.75, 3.05) is 13.7 Å². The zero-order chi connectivity index (χ0) is 18.8. The zero-order valence-electron chi connectivity index (χ0n) is 14.6. The van der Waals surface area contributed by atoms with Gasteiger partial charge in [0, 0.05) is 17.9 Å². The topological polar surface area (TPSA) is 81.7 Å². The smallest absolute Gasteiger partial charge is 0.349 e. The van der Waals surface area contributed by atoms with Crippen LogP contribution in [0.15, 0.2) is 74.3 Å². The van der Waals surface area contributed by atoms with Crippen LogP contribution in [-0.4, -0.2) is 19.6 Å². The van der Waals surface area contributed by atoms with Gasteiger partial charge in [0.05, 0.1) is 6.54 Å². The van der Waals surface area contributed by atoms with Gasteiger partial charge < -0.3 is 18.9 Å². The number of ether oxygens (including phenoxy) is 1. The van der Waals surface area contributed by atoms with Gasteiger partial charge in [-0.3, -0.25) is 4.79 Å². The van der Waals surface area contributed by atoms with Crippen molar-refractivity contribution in [3.05, 3.63) is 82.4 Å². The van der Waals surface area contributed by atoms with E-state index in [0.29, 0.717) is 16.7 Å². The molecule has 6 nitrogen and oxygen atoms in total. The Hall–Kier alpha value is -3.38. The van der Waals surface area contributed by atoms with Gasteiger partial charge in [-0.25, -0.2) is 4.79 Å². The fraction of sp³-hybridized carbons (Fsp3) is 0.143. The molecule has 0 radical (unpaired) electrons. The molecule has 6 heteroatoms. The van der Waals surface area contributed by atoms with E-state index in [1.54, 1.807) is 18.2 Å². The van der Waals surface area contributed by atoms with Crippen molar-refractivity contribution >= 4 is 27.8 Å². The van der Waals surface area contributed by atoms with Gasteiger partial charge in [-0.2, -0.15) is 0 Å². The molecule has 0 unspecified atom stereocenters. The average Bonchev–Trinajstić information content (AvgIpc) is 3.11. The van der Waals surface area contributed by atoms with Crippen molar-refractivity contribution < 1.29 is 18.4 Å². The van der Waals surface area contributed by atoms with Crippen LogP contribution in [0.5, 0.6) is 0 Å². The number of hydrogen-bond donors (Lipinski definition) is 1. The summed E-state index contributed by atoms with van der Waals surface area (Å²) in [4.78, 5) is 24.6. The molecule has 1 N–H and O–H groups in total. The molecule has 2 aromatic heterocycles. The van der Waals surface area contributed by atoms with E-state index in [9.17, 15) is 9.59 Å². The van der Waals surface area contributed by atoms with E-state index in [1.165, 1.54) is 13.2 Å². The Morgan fingerprint density at radius 1 is 1.00 bits per heavy atom. The van der Waals surface area contributed by atoms with Crippen molar-refractivity contribution in [3.8, 4) is 0 Å². The number of hydrogen-bond acceptors (Lipinski definition) is 5. The van der Waals surface area contributed by atoms with Crippen LogP contribution in [0.1, 0.15) is 22.2 Å². The average molecular weight is 363 g/mol. The molecule has 4 rings (SSSR count). The fourth-order valence-corrected chi connectivity index (χ4v) is 2.96. The zero-order valence-corrected chi connectivity index (χ0v) is 14.6. The van der Waals surface area contributed by atoms with E-state index in [2.05, 4.69) is 5.32 Å². The van der Waals surface area contributed by atoms with Crippen LogP contribution >= 0.6 is 0 Å². The Kier molecular flexibility index (Phi) is 4.48. The van der Waals surface area contributed by atoms with Crippen molar-refractivity contribution in [2.45, 2.75) is 6.10 Å². The Morgan fingerprint density at radius 2 is 1.63 bits per heavy atom. The number of para-hydroxylation sites is 2. The fourth-order valence-electron chi connectivity index (χ4n) is 2.96. The number of rotatable bonds is 5. The molecular formula is C21H17NO5. The third-order valence-corrected chi connectivity index (χ3v) is 4.38. The molecule has 0 aliphatic heterocycles. The number of amides is 1. The molecule has 4 aromatic rings. The number of carbonyl (C=O) groups excluding carboxylic acids is 1. The number of carbonyl (C=O) groups is 1. The lowest BCUT2D eigenvalue weighted by molar-refractivity contribution is 0.0745. The van der Waals surface area contributed by atoms with Crippen molar-refractivity contribution in [2.24, 2.45) is 0 Å². The molecule has 0 saturated heterocycles. The predicted octanol–water partition coefficient (Wildman–Crippen LogP) is 3.66.